The van der Waals surface area contributed by atoms with Gasteiger partial charge in [0, 0.05) is 6.54 Å². The van der Waals surface area contributed by atoms with Crippen LogP contribution in [0.4, 0.5) is 0 Å². The molecule has 0 saturated carbocycles. The van der Waals surface area contributed by atoms with Crippen LogP contribution in [0.25, 0.3) is 0 Å². The summed E-state index contributed by atoms with van der Waals surface area (Å²) >= 11 is 0. The summed E-state index contributed by atoms with van der Waals surface area (Å²) in [6.07, 6.45) is 0.341. The molecule has 3 nitrogen and oxygen atoms in total. The second kappa shape index (κ2) is 8.98. The van der Waals surface area contributed by atoms with Crippen molar-refractivity contribution in [3.05, 3.63) is 29.8 Å². The van der Waals surface area contributed by atoms with Crippen LogP contribution in [0, 0.1) is 5.92 Å². The van der Waals surface area contributed by atoms with Crippen LogP contribution >= 0.6 is 0 Å². The summed E-state index contributed by atoms with van der Waals surface area (Å²) in [6.45, 7) is 12.2. The van der Waals surface area contributed by atoms with Crippen LogP contribution in [-0.4, -0.2) is 36.2 Å². The van der Waals surface area contributed by atoms with Crippen molar-refractivity contribution in [1.82, 2.24) is 4.90 Å². The Labute approximate surface area is 123 Å². The summed E-state index contributed by atoms with van der Waals surface area (Å²) in [7, 11) is 0. The van der Waals surface area contributed by atoms with Gasteiger partial charge in [-0.15, -0.1) is 0 Å². The van der Waals surface area contributed by atoms with E-state index in [0.29, 0.717) is 12.5 Å². The van der Waals surface area contributed by atoms with E-state index in [9.17, 15) is 5.11 Å². The van der Waals surface area contributed by atoms with Crippen molar-refractivity contribution in [3.63, 3.8) is 0 Å². The third kappa shape index (κ3) is 5.93. The third-order valence-corrected chi connectivity index (χ3v) is 3.44. The molecular weight excluding hydrogens is 250 g/mol. The number of aliphatic hydroxyl groups is 1. The minimum Gasteiger partial charge on any atom is -0.493 e. The lowest BCUT2D eigenvalue weighted by Gasteiger charge is -2.20. The summed E-state index contributed by atoms with van der Waals surface area (Å²) in [4.78, 5) is 2.32. The van der Waals surface area contributed by atoms with Crippen LogP contribution in [0.1, 0.15) is 45.8 Å². The van der Waals surface area contributed by atoms with E-state index in [1.54, 1.807) is 0 Å². The maximum atomic E-state index is 10.3. The Morgan fingerprint density at radius 1 is 1.20 bits per heavy atom. The average Bonchev–Trinajstić information content (AvgIpc) is 2.46. The zero-order valence-electron chi connectivity index (χ0n) is 13.3. The Morgan fingerprint density at radius 3 is 2.50 bits per heavy atom. The fraction of sp³-hybridized carbons (Fsp3) is 0.647. The molecule has 1 unspecified atom stereocenters. The van der Waals surface area contributed by atoms with E-state index in [2.05, 4.69) is 32.6 Å². The van der Waals surface area contributed by atoms with Gasteiger partial charge in [-0.05, 0) is 43.1 Å². The molecule has 1 aromatic rings. The molecule has 0 saturated heterocycles. The second-order valence-corrected chi connectivity index (χ2v) is 5.61. The Balaban J connectivity index is 2.54. The molecule has 0 aromatic heterocycles. The Kier molecular flexibility index (Phi) is 7.63. The Bertz CT molecular complexity index is 375. The molecule has 0 radical (unpaired) electrons. The normalized spacial score (nSPS) is 12.9. The molecule has 1 N–H and O–H groups in total. The highest BCUT2D eigenvalue weighted by Crippen LogP contribution is 2.22. The fourth-order valence-corrected chi connectivity index (χ4v) is 2.09. The molecule has 0 aliphatic heterocycles. The number of rotatable bonds is 9. The largest absolute Gasteiger partial charge is 0.493 e. The molecule has 20 heavy (non-hydrogen) atoms. The van der Waals surface area contributed by atoms with Crippen molar-refractivity contribution < 1.29 is 9.84 Å². The van der Waals surface area contributed by atoms with E-state index in [1.165, 1.54) is 0 Å². The van der Waals surface area contributed by atoms with Crippen LogP contribution in [-0.2, 0) is 0 Å². The molecule has 0 heterocycles. The number of ether oxygens (including phenoxy) is 1. The number of aliphatic hydroxyl groups excluding tert-OH is 1. The van der Waals surface area contributed by atoms with Crippen molar-refractivity contribution in [2.75, 3.05) is 26.2 Å². The number of nitrogens with zero attached hydrogens (tertiary/aromatic N) is 1. The third-order valence-electron chi connectivity index (χ3n) is 3.44. The van der Waals surface area contributed by atoms with Crippen LogP contribution < -0.4 is 4.74 Å². The summed E-state index contributed by atoms with van der Waals surface area (Å²) in [5.41, 5.74) is 0.943. The number of benzene rings is 1. The lowest BCUT2D eigenvalue weighted by molar-refractivity contribution is 0.145. The molecule has 1 aromatic carbocycles. The highest BCUT2D eigenvalue weighted by Gasteiger charge is 2.10. The Hall–Kier alpha value is -1.06. The van der Waals surface area contributed by atoms with Crippen molar-refractivity contribution in [2.24, 2.45) is 5.92 Å². The van der Waals surface area contributed by atoms with Crippen molar-refractivity contribution >= 4 is 0 Å². The predicted octanol–water partition coefficient (Wildman–Crippen LogP) is 3.49. The van der Waals surface area contributed by atoms with Gasteiger partial charge in [-0.3, -0.25) is 0 Å². The van der Waals surface area contributed by atoms with Crippen LogP contribution in [0.15, 0.2) is 24.3 Å². The molecule has 0 spiro atoms. The van der Waals surface area contributed by atoms with E-state index in [4.69, 9.17) is 4.74 Å². The van der Waals surface area contributed by atoms with Gasteiger partial charge in [0.1, 0.15) is 5.75 Å². The monoisotopic (exact) mass is 279 g/mol. The quantitative estimate of drug-likeness (QED) is 0.751. The van der Waals surface area contributed by atoms with Crippen LogP contribution in [0.5, 0.6) is 5.75 Å². The Morgan fingerprint density at radius 2 is 1.90 bits per heavy atom. The molecule has 0 aliphatic carbocycles. The molecule has 1 rings (SSSR count). The highest BCUT2D eigenvalue weighted by atomic mass is 16.5. The van der Waals surface area contributed by atoms with Crippen molar-refractivity contribution in [3.8, 4) is 5.75 Å². The van der Waals surface area contributed by atoms with E-state index >= 15 is 0 Å². The molecule has 0 fully saturated rings. The van der Waals surface area contributed by atoms with Gasteiger partial charge in [0.25, 0.3) is 0 Å². The van der Waals surface area contributed by atoms with E-state index in [0.717, 1.165) is 37.4 Å². The molecule has 114 valence electrons. The summed E-state index contributed by atoms with van der Waals surface area (Å²) in [5, 5.41) is 10.3. The standard InChI is InChI=1S/C17H29NO2/c1-5-18(6-2)11-10-17(19)15-8-7-9-16(12-15)20-13-14(3)4/h7-9,12,14,17,19H,5-6,10-11,13H2,1-4H3. The molecule has 0 amide bonds. The minimum atomic E-state index is -0.418. The molecule has 3 heteroatoms. The van der Waals surface area contributed by atoms with Gasteiger partial charge in [0.15, 0.2) is 0 Å². The predicted molar refractivity (Wildman–Crippen MR) is 84.1 cm³/mol. The van der Waals surface area contributed by atoms with Crippen LogP contribution in [0.3, 0.4) is 0 Å². The maximum absolute atomic E-state index is 10.3. The summed E-state index contributed by atoms with van der Waals surface area (Å²) in [6, 6.07) is 7.82. The first kappa shape index (κ1) is 17.0. The van der Waals surface area contributed by atoms with E-state index < -0.39 is 6.10 Å². The lowest BCUT2D eigenvalue weighted by Crippen LogP contribution is -2.25. The summed E-state index contributed by atoms with van der Waals surface area (Å²) in [5.74, 6) is 1.35. The first-order valence-corrected chi connectivity index (χ1v) is 7.70. The van der Waals surface area contributed by atoms with E-state index in [-0.39, 0.29) is 0 Å². The topological polar surface area (TPSA) is 32.7 Å². The molecule has 0 aliphatic rings. The first-order chi connectivity index (χ1) is 9.56. The average molecular weight is 279 g/mol. The van der Waals surface area contributed by atoms with Crippen molar-refractivity contribution in [1.29, 1.82) is 0 Å². The smallest absolute Gasteiger partial charge is 0.119 e. The zero-order valence-corrected chi connectivity index (χ0v) is 13.3. The maximum Gasteiger partial charge on any atom is 0.119 e. The number of hydrogen-bond donors (Lipinski definition) is 1. The van der Waals surface area contributed by atoms with Gasteiger partial charge >= 0.3 is 0 Å². The highest BCUT2D eigenvalue weighted by molar-refractivity contribution is 5.29. The molecule has 1 atom stereocenters. The zero-order chi connectivity index (χ0) is 15.0. The van der Waals surface area contributed by atoms with Gasteiger partial charge in [0.05, 0.1) is 12.7 Å². The lowest BCUT2D eigenvalue weighted by atomic mass is 10.1. The SMILES string of the molecule is CCN(CC)CCC(O)c1cccc(OCC(C)C)c1. The number of hydrogen-bond acceptors (Lipinski definition) is 3. The fourth-order valence-electron chi connectivity index (χ4n) is 2.09. The van der Waals surface area contributed by atoms with Gasteiger partial charge < -0.3 is 14.7 Å². The van der Waals surface area contributed by atoms with Gasteiger partial charge in [0.2, 0.25) is 0 Å². The first-order valence-electron chi connectivity index (χ1n) is 7.70. The summed E-state index contributed by atoms with van der Waals surface area (Å²) < 4.78 is 5.70. The van der Waals surface area contributed by atoms with Gasteiger partial charge in [-0.25, -0.2) is 0 Å². The van der Waals surface area contributed by atoms with Crippen LogP contribution in [0.2, 0.25) is 0 Å². The molecular formula is C17H29NO2. The van der Waals surface area contributed by atoms with Gasteiger partial charge in [-0.1, -0.05) is 39.8 Å². The molecule has 0 bridgehead atoms. The van der Waals surface area contributed by atoms with E-state index in [1.807, 2.05) is 24.3 Å². The minimum absolute atomic E-state index is 0.418. The van der Waals surface area contributed by atoms with Crippen molar-refractivity contribution in [2.45, 2.75) is 40.2 Å². The second-order valence-electron chi connectivity index (χ2n) is 5.61. The van der Waals surface area contributed by atoms with Gasteiger partial charge in [-0.2, -0.15) is 0 Å².